The summed E-state index contributed by atoms with van der Waals surface area (Å²) in [5, 5.41) is 8.57. The lowest BCUT2D eigenvalue weighted by molar-refractivity contribution is 0.811. The quantitative estimate of drug-likeness (QED) is 0.409. The minimum atomic E-state index is 0.837. The van der Waals surface area contributed by atoms with Gasteiger partial charge in [0.1, 0.15) is 5.82 Å². The summed E-state index contributed by atoms with van der Waals surface area (Å²) in [5.41, 5.74) is 7.73. The van der Waals surface area contributed by atoms with E-state index in [1.807, 2.05) is 10.6 Å². The van der Waals surface area contributed by atoms with E-state index in [0.29, 0.717) is 0 Å². The molecule has 0 fully saturated rings. The van der Waals surface area contributed by atoms with Crippen LogP contribution in [0.15, 0.2) is 60.7 Å². The Hall–Kier alpha value is -3.14. The average molecular weight is 385 g/mol. The van der Waals surface area contributed by atoms with Crippen LogP contribution in [0.5, 0.6) is 0 Å². The highest BCUT2D eigenvalue weighted by Gasteiger charge is 2.20. The Bertz CT molecular complexity index is 1100. The summed E-state index contributed by atoms with van der Waals surface area (Å²) in [6, 6.07) is 21.0. The molecular weight excluding hydrogens is 356 g/mol. The molecule has 2 aromatic heterocycles. The minimum Gasteiger partial charge on any atom is -0.370 e. The van der Waals surface area contributed by atoms with Gasteiger partial charge in [0, 0.05) is 29.8 Å². The van der Waals surface area contributed by atoms with E-state index in [4.69, 9.17) is 10.1 Å². The van der Waals surface area contributed by atoms with Crippen molar-refractivity contribution in [1.29, 1.82) is 0 Å². The fraction of sp³-hybridized carbons (Fsp3) is 0.280. The Morgan fingerprint density at radius 3 is 2.28 bits per heavy atom. The highest BCUT2D eigenvalue weighted by molar-refractivity contribution is 5.81. The maximum atomic E-state index is 5.02. The van der Waals surface area contributed by atoms with Crippen LogP contribution in [0, 0.1) is 13.8 Å². The van der Waals surface area contributed by atoms with Crippen molar-refractivity contribution in [3.8, 4) is 11.1 Å². The first kappa shape index (κ1) is 19.2. The van der Waals surface area contributed by atoms with E-state index in [-0.39, 0.29) is 0 Å². The number of benzene rings is 2. The van der Waals surface area contributed by atoms with Crippen molar-refractivity contribution < 1.29 is 0 Å². The predicted octanol–water partition coefficient (Wildman–Crippen LogP) is 5.82. The van der Waals surface area contributed by atoms with Crippen molar-refractivity contribution in [2.24, 2.45) is 0 Å². The maximum absolute atomic E-state index is 5.02. The number of aryl methyl sites for hydroxylation is 2. The SMILES string of the molecule is CCCCNc1c(Cc2ccccc2)c(C)nc2c(-c3ccccc3)c(C)nn12. The molecule has 0 saturated carbocycles. The van der Waals surface area contributed by atoms with Crippen LogP contribution in [-0.4, -0.2) is 21.1 Å². The van der Waals surface area contributed by atoms with Crippen LogP contribution < -0.4 is 5.32 Å². The van der Waals surface area contributed by atoms with E-state index < -0.39 is 0 Å². The standard InChI is InChI=1S/C25H28N4/c1-4-5-16-26-24-22(17-20-12-8-6-9-13-20)18(2)27-25-23(19(3)28-29(24)25)21-14-10-7-11-15-21/h6-15,26H,4-5,16-17H2,1-3H3. The van der Waals surface area contributed by atoms with Gasteiger partial charge in [-0.25, -0.2) is 4.98 Å². The van der Waals surface area contributed by atoms with Gasteiger partial charge in [-0.3, -0.25) is 0 Å². The fourth-order valence-electron chi connectivity index (χ4n) is 3.82. The minimum absolute atomic E-state index is 0.837. The second-order valence-corrected chi connectivity index (χ2v) is 7.53. The van der Waals surface area contributed by atoms with E-state index in [1.165, 1.54) is 11.1 Å². The molecule has 0 unspecified atom stereocenters. The third kappa shape index (κ3) is 3.88. The second-order valence-electron chi connectivity index (χ2n) is 7.53. The number of rotatable bonds is 7. The Labute approximate surface area is 172 Å². The molecule has 0 saturated heterocycles. The molecule has 4 nitrogen and oxygen atoms in total. The van der Waals surface area contributed by atoms with Crippen molar-refractivity contribution in [2.75, 3.05) is 11.9 Å². The molecule has 0 spiro atoms. The van der Waals surface area contributed by atoms with Crippen molar-refractivity contribution in [2.45, 2.75) is 40.0 Å². The molecule has 1 N–H and O–H groups in total. The van der Waals surface area contributed by atoms with E-state index in [2.05, 4.69) is 80.7 Å². The second kappa shape index (κ2) is 8.48. The van der Waals surface area contributed by atoms with E-state index in [9.17, 15) is 0 Å². The number of hydrogen-bond acceptors (Lipinski definition) is 3. The largest absolute Gasteiger partial charge is 0.370 e. The molecule has 4 aromatic rings. The predicted molar refractivity (Wildman–Crippen MR) is 121 cm³/mol. The van der Waals surface area contributed by atoms with Crippen LogP contribution in [0.4, 0.5) is 5.82 Å². The topological polar surface area (TPSA) is 42.2 Å². The van der Waals surface area contributed by atoms with Gasteiger partial charge in [0.25, 0.3) is 0 Å². The number of nitrogens with zero attached hydrogens (tertiary/aromatic N) is 3. The van der Waals surface area contributed by atoms with Gasteiger partial charge in [0.2, 0.25) is 0 Å². The molecule has 4 rings (SSSR count). The summed E-state index contributed by atoms with van der Waals surface area (Å²) >= 11 is 0. The number of aromatic nitrogens is 3. The molecule has 2 aromatic carbocycles. The van der Waals surface area contributed by atoms with Crippen molar-refractivity contribution in [3.05, 3.63) is 83.2 Å². The zero-order valence-corrected chi connectivity index (χ0v) is 17.4. The molecule has 29 heavy (non-hydrogen) atoms. The summed E-state index contributed by atoms with van der Waals surface area (Å²) in [4.78, 5) is 5.02. The average Bonchev–Trinajstić information content (AvgIpc) is 3.07. The van der Waals surface area contributed by atoms with Crippen molar-refractivity contribution in [1.82, 2.24) is 14.6 Å². The lowest BCUT2D eigenvalue weighted by Gasteiger charge is -2.16. The van der Waals surface area contributed by atoms with Gasteiger partial charge in [0.05, 0.1) is 5.69 Å². The number of fused-ring (bicyclic) bond motifs is 1. The number of hydrogen-bond donors (Lipinski definition) is 1. The molecule has 4 heteroatoms. The van der Waals surface area contributed by atoms with Gasteiger partial charge in [0.15, 0.2) is 5.65 Å². The fourth-order valence-corrected chi connectivity index (χ4v) is 3.82. The Morgan fingerprint density at radius 1 is 0.897 bits per heavy atom. The van der Waals surface area contributed by atoms with Gasteiger partial charge in [-0.2, -0.15) is 9.61 Å². The molecule has 0 radical (unpaired) electrons. The molecule has 0 bridgehead atoms. The molecule has 2 heterocycles. The molecular formula is C25H28N4. The van der Waals surface area contributed by atoms with Gasteiger partial charge in [-0.1, -0.05) is 74.0 Å². The van der Waals surface area contributed by atoms with E-state index in [0.717, 1.165) is 59.8 Å². The molecule has 0 aliphatic heterocycles. The normalized spacial score (nSPS) is 11.1. The number of unbranched alkanes of at least 4 members (excludes halogenated alkanes) is 1. The first-order valence-corrected chi connectivity index (χ1v) is 10.4. The maximum Gasteiger partial charge on any atom is 0.165 e. The zero-order valence-electron chi connectivity index (χ0n) is 17.4. The molecule has 0 aliphatic carbocycles. The van der Waals surface area contributed by atoms with Gasteiger partial charge in [-0.15, -0.1) is 0 Å². The summed E-state index contributed by atoms with van der Waals surface area (Å²) < 4.78 is 2.01. The van der Waals surface area contributed by atoms with Gasteiger partial charge >= 0.3 is 0 Å². The van der Waals surface area contributed by atoms with Crippen LogP contribution in [0.1, 0.15) is 42.3 Å². The third-order valence-electron chi connectivity index (χ3n) is 5.35. The summed E-state index contributed by atoms with van der Waals surface area (Å²) in [5.74, 6) is 1.06. The molecule has 0 atom stereocenters. The Morgan fingerprint density at radius 2 is 1.59 bits per heavy atom. The van der Waals surface area contributed by atoms with Gasteiger partial charge in [-0.05, 0) is 31.4 Å². The Kier molecular flexibility index (Phi) is 5.61. The molecule has 0 amide bonds. The highest BCUT2D eigenvalue weighted by Crippen LogP contribution is 2.31. The first-order valence-electron chi connectivity index (χ1n) is 10.4. The zero-order chi connectivity index (χ0) is 20.2. The third-order valence-corrected chi connectivity index (χ3v) is 5.35. The number of nitrogens with one attached hydrogen (secondary N) is 1. The van der Waals surface area contributed by atoms with Crippen molar-refractivity contribution in [3.63, 3.8) is 0 Å². The van der Waals surface area contributed by atoms with E-state index >= 15 is 0 Å². The van der Waals surface area contributed by atoms with Gasteiger partial charge < -0.3 is 5.32 Å². The van der Waals surface area contributed by atoms with Crippen LogP contribution in [0.3, 0.4) is 0 Å². The van der Waals surface area contributed by atoms with Crippen LogP contribution in [0.25, 0.3) is 16.8 Å². The smallest absolute Gasteiger partial charge is 0.165 e. The monoisotopic (exact) mass is 384 g/mol. The number of anilines is 1. The summed E-state index contributed by atoms with van der Waals surface area (Å²) in [7, 11) is 0. The van der Waals surface area contributed by atoms with Crippen LogP contribution in [0.2, 0.25) is 0 Å². The highest BCUT2D eigenvalue weighted by atomic mass is 15.3. The van der Waals surface area contributed by atoms with Crippen molar-refractivity contribution >= 4 is 11.5 Å². The Balaban J connectivity index is 1.89. The van der Waals surface area contributed by atoms with E-state index in [1.54, 1.807) is 0 Å². The molecule has 0 aliphatic rings. The lowest BCUT2D eigenvalue weighted by Crippen LogP contribution is -2.13. The summed E-state index contributed by atoms with van der Waals surface area (Å²) in [6.07, 6.45) is 3.12. The first-order chi connectivity index (χ1) is 14.2. The lowest BCUT2D eigenvalue weighted by atomic mass is 10.0. The molecule has 148 valence electrons. The van der Waals surface area contributed by atoms with Crippen LogP contribution in [-0.2, 0) is 6.42 Å². The van der Waals surface area contributed by atoms with Crippen LogP contribution >= 0.6 is 0 Å². The summed E-state index contributed by atoms with van der Waals surface area (Å²) in [6.45, 7) is 7.32.